The molecule has 68 valence electrons. The van der Waals surface area contributed by atoms with Crippen LogP contribution in [0.1, 0.15) is 22.3 Å². The van der Waals surface area contributed by atoms with E-state index in [-0.39, 0.29) is 5.78 Å². The summed E-state index contributed by atoms with van der Waals surface area (Å²) < 4.78 is 6.00. The second kappa shape index (κ2) is 3.14. The lowest BCUT2D eigenvalue weighted by Gasteiger charge is -2.05. The summed E-state index contributed by atoms with van der Waals surface area (Å²) in [5, 5.41) is 0. The minimum absolute atomic E-state index is 0.235. The molecular formula is C10H9BrO2. The standard InChI is InChI=1S/C10H9BrO2/c1-13-10-4-6-2-3-9(12)7(6)5-8(10)11/h4-5H,2-3H2,1H3. The molecule has 0 spiro atoms. The maximum atomic E-state index is 11.4. The van der Waals surface area contributed by atoms with Crippen LogP contribution in [0.4, 0.5) is 0 Å². The van der Waals surface area contributed by atoms with Gasteiger partial charge in [-0.05, 0) is 40.0 Å². The molecule has 1 aliphatic rings. The van der Waals surface area contributed by atoms with E-state index in [1.807, 2.05) is 12.1 Å². The number of hydrogen-bond donors (Lipinski definition) is 0. The van der Waals surface area contributed by atoms with Gasteiger partial charge in [0.1, 0.15) is 5.75 Å². The van der Waals surface area contributed by atoms with Crippen molar-refractivity contribution in [2.75, 3.05) is 7.11 Å². The van der Waals surface area contributed by atoms with Gasteiger partial charge < -0.3 is 4.74 Å². The van der Waals surface area contributed by atoms with Crippen LogP contribution in [0.15, 0.2) is 16.6 Å². The zero-order valence-corrected chi connectivity index (χ0v) is 8.85. The number of benzene rings is 1. The molecule has 0 saturated carbocycles. The summed E-state index contributed by atoms with van der Waals surface area (Å²) in [4.78, 5) is 11.4. The van der Waals surface area contributed by atoms with Crippen LogP contribution in [0.25, 0.3) is 0 Å². The van der Waals surface area contributed by atoms with Crippen LogP contribution in [0.2, 0.25) is 0 Å². The molecule has 1 aliphatic carbocycles. The first-order valence-corrected chi connectivity index (χ1v) is 4.91. The first-order valence-electron chi connectivity index (χ1n) is 4.12. The summed E-state index contributed by atoms with van der Waals surface area (Å²) in [6.07, 6.45) is 1.48. The van der Waals surface area contributed by atoms with Crippen LogP contribution < -0.4 is 4.74 Å². The van der Waals surface area contributed by atoms with Crippen molar-refractivity contribution in [1.82, 2.24) is 0 Å². The van der Waals surface area contributed by atoms with E-state index < -0.39 is 0 Å². The summed E-state index contributed by atoms with van der Waals surface area (Å²) in [6.45, 7) is 0. The molecule has 1 aromatic carbocycles. The predicted octanol–water partition coefficient (Wildman–Crippen LogP) is 2.59. The Balaban J connectivity index is 2.56. The van der Waals surface area contributed by atoms with Crippen molar-refractivity contribution in [2.24, 2.45) is 0 Å². The molecule has 0 radical (unpaired) electrons. The number of ketones is 1. The molecule has 0 aliphatic heterocycles. The van der Waals surface area contributed by atoms with Crippen molar-refractivity contribution in [3.8, 4) is 5.75 Å². The number of rotatable bonds is 1. The quantitative estimate of drug-likeness (QED) is 0.755. The fourth-order valence-electron chi connectivity index (χ4n) is 1.60. The Morgan fingerprint density at radius 3 is 2.85 bits per heavy atom. The van der Waals surface area contributed by atoms with Crippen LogP contribution >= 0.6 is 15.9 Å². The van der Waals surface area contributed by atoms with Crippen LogP contribution in [-0.2, 0) is 6.42 Å². The first-order chi connectivity index (χ1) is 6.22. The molecule has 2 nitrogen and oxygen atoms in total. The van der Waals surface area contributed by atoms with Gasteiger partial charge in [0, 0.05) is 12.0 Å². The molecule has 0 N–H and O–H groups in total. The lowest BCUT2D eigenvalue weighted by atomic mass is 10.1. The molecule has 0 unspecified atom stereocenters. The number of methoxy groups -OCH3 is 1. The summed E-state index contributed by atoms with van der Waals surface area (Å²) in [5.41, 5.74) is 1.94. The number of fused-ring (bicyclic) bond motifs is 1. The van der Waals surface area contributed by atoms with Gasteiger partial charge in [0.25, 0.3) is 0 Å². The molecule has 0 atom stereocenters. The Morgan fingerprint density at radius 1 is 1.38 bits per heavy atom. The van der Waals surface area contributed by atoms with Crippen molar-refractivity contribution in [3.05, 3.63) is 27.7 Å². The maximum Gasteiger partial charge on any atom is 0.163 e. The third kappa shape index (κ3) is 1.37. The zero-order valence-electron chi connectivity index (χ0n) is 7.26. The predicted molar refractivity (Wildman–Crippen MR) is 53.3 cm³/mol. The van der Waals surface area contributed by atoms with Crippen molar-refractivity contribution in [1.29, 1.82) is 0 Å². The number of hydrogen-bond acceptors (Lipinski definition) is 2. The highest BCUT2D eigenvalue weighted by Crippen LogP contribution is 2.32. The molecule has 0 fully saturated rings. The largest absolute Gasteiger partial charge is 0.496 e. The number of carbonyl (C=O) groups excluding carboxylic acids is 1. The lowest BCUT2D eigenvalue weighted by Crippen LogP contribution is -1.93. The van der Waals surface area contributed by atoms with E-state index in [1.165, 1.54) is 0 Å². The normalized spacial score (nSPS) is 14.5. The van der Waals surface area contributed by atoms with Gasteiger partial charge >= 0.3 is 0 Å². The van der Waals surface area contributed by atoms with E-state index in [0.29, 0.717) is 6.42 Å². The Labute approximate surface area is 85.0 Å². The van der Waals surface area contributed by atoms with Gasteiger partial charge in [0.15, 0.2) is 5.78 Å². The fourth-order valence-corrected chi connectivity index (χ4v) is 2.11. The second-order valence-electron chi connectivity index (χ2n) is 3.07. The lowest BCUT2D eigenvalue weighted by molar-refractivity contribution is 0.0994. The average Bonchev–Trinajstić information content (AvgIpc) is 2.47. The van der Waals surface area contributed by atoms with E-state index in [4.69, 9.17) is 4.74 Å². The molecule has 0 saturated heterocycles. The molecule has 0 aromatic heterocycles. The van der Waals surface area contributed by atoms with Gasteiger partial charge in [0.2, 0.25) is 0 Å². The van der Waals surface area contributed by atoms with E-state index in [2.05, 4.69) is 15.9 Å². The average molecular weight is 241 g/mol. The zero-order chi connectivity index (χ0) is 9.42. The highest BCUT2D eigenvalue weighted by Gasteiger charge is 2.21. The van der Waals surface area contributed by atoms with Crippen molar-refractivity contribution >= 4 is 21.7 Å². The number of Topliss-reactive ketones (excluding diaryl/α,β-unsaturated/α-hetero) is 1. The minimum atomic E-state index is 0.235. The number of carbonyl (C=O) groups is 1. The third-order valence-corrected chi connectivity index (χ3v) is 2.92. The number of aryl methyl sites for hydroxylation is 1. The van der Waals surface area contributed by atoms with E-state index in [0.717, 1.165) is 27.8 Å². The number of ether oxygens (including phenoxy) is 1. The van der Waals surface area contributed by atoms with Gasteiger partial charge in [-0.3, -0.25) is 4.79 Å². The summed E-state index contributed by atoms with van der Waals surface area (Å²) in [6, 6.07) is 3.79. The Bertz CT molecular complexity index is 371. The first kappa shape index (κ1) is 8.75. The van der Waals surface area contributed by atoms with Crippen LogP contribution in [0.3, 0.4) is 0 Å². The van der Waals surface area contributed by atoms with E-state index in [1.54, 1.807) is 7.11 Å². The molecule has 0 bridgehead atoms. The second-order valence-corrected chi connectivity index (χ2v) is 3.92. The summed E-state index contributed by atoms with van der Waals surface area (Å²) in [5.74, 6) is 1.03. The SMILES string of the molecule is COc1cc2c(cc1Br)C(=O)CC2. The van der Waals surface area contributed by atoms with Gasteiger partial charge in [-0.15, -0.1) is 0 Å². The molecule has 2 rings (SSSR count). The van der Waals surface area contributed by atoms with E-state index in [9.17, 15) is 4.79 Å². The topological polar surface area (TPSA) is 26.3 Å². The Morgan fingerprint density at radius 2 is 2.15 bits per heavy atom. The van der Waals surface area contributed by atoms with Crippen LogP contribution in [-0.4, -0.2) is 12.9 Å². The molecule has 0 amide bonds. The number of halogens is 1. The summed E-state index contributed by atoms with van der Waals surface area (Å²) in [7, 11) is 1.63. The van der Waals surface area contributed by atoms with Crippen molar-refractivity contribution in [3.63, 3.8) is 0 Å². The monoisotopic (exact) mass is 240 g/mol. The highest BCUT2D eigenvalue weighted by atomic mass is 79.9. The highest BCUT2D eigenvalue weighted by molar-refractivity contribution is 9.10. The van der Waals surface area contributed by atoms with Crippen LogP contribution in [0.5, 0.6) is 5.75 Å². The van der Waals surface area contributed by atoms with Gasteiger partial charge in [0.05, 0.1) is 11.6 Å². The van der Waals surface area contributed by atoms with Gasteiger partial charge in [-0.1, -0.05) is 0 Å². The third-order valence-electron chi connectivity index (χ3n) is 2.30. The maximum absolute atomic E-state index is 11.4. The Kier molecular flexibility index (Phi) is 2.12. The molecule has 13 heavy (non-hydrogen) atoms. The van der Waals surface area contributed by atoms with Crippen LogP contribution in [0, 0.1) is 0 Å². The molecule has 1 aromatic rings. The van der Waals surface area contributed by atoms with Gasteiger partial charge in [-0.2, -0.15) is 0 Å². The molecule has 0 heterocycles. The fraction of sp³-hybridized carbons (Fsp3) is 0.300. The molecular weight excluding hydrogens is 232 g/mol. The van der Waals surface area contributed by atoms with E-state index >= 15 is 0 Å². The van der Waals surface area contributed by atoms with Crippen molar-refractivity contribution in [2.45, 2.75) is 12.8 Å². The Hall–Kier alpha value is -0.830. The summed E-state index contributed by atoms with van der Waals surface area (Å²) >= 11 is 3.36. The minimum Gasteiger partial charge on any atom is -0.496 e. The molecule has 3 heteroatoms. The smallest absolute Gasteiger partial charge is 0.163 e. The van der Waals surface area contributed by atoms with Gasteiger partial charge in [-0.25, -0.2) is 0 Å². The van der Waals surface area contributed by atoms with Crippen molar-refractivity contribution < 1.29 is 9.53 Å².